The van der Waals surface area contributed by atoms with Crippen LogP contribution >= 0.6 is 14.5 Å². The van der Waals surface area contributed by atoms with E-state index in [4.69, 9.17) is 36.6 Å². The number of anilines is 1. The zero-order valence-corrected chi connectivity index (χ0v) is 24.3. The lowest BCUT2D eigenvalue weighted by Crippen LogP contribution is -2.60. The molecule has 12 atom stereocenters. The molecule has 42 heavy (non-hydrogen) atoms. The van der Waals surface area contributed by atoms with Gasteiger partial charge in [0.2, 0.25) is 0 Å². The van der Waals surface area contributed by atoms with E-state index in [2.05, 4.69) is 30.4 Å². The number of nitrogen functional groups attached to an aromatic ring is 1. The molecule has 0 spiro atoms. The first-order valence-corrected chi connectivity index (χ1v) is 16.2. The summed E-state index contributed by atoms with van der Waals surface area (Å²) in [5.74, 6) is -0.674. The molecule has 2 aromatic rings. The Morgan fingerprint density at radius 1 is 1.26 bits per heavy atom. The Labute approximate surface area is 242 Å². The number of nitrogens with zero attached hydrogens (tertiary/aromatic N) is 4. The molecule has 0 saturated carbocycles. The van der Waals surface area contributed by atoms with Crippen molar-refractivity contribution in [2.75, 3.05) is 18.9 Å². The number of fused-ring (bicyclic) bond motifs is 1. The Bertz CT molecular complexity index is 1390. The van der Waals surface area contributed by atoms with Crippen LogP contribution in [0.25, 0.3) is 11.2 Å². The van der Waals surface area contributed by atoms with Crippen molar-refractivity contribution in [1.29, 1.82) is 0 Å². The van der Waals surface area contributed by atoms with Gasteiger partial charge in [-0.1, -0.05) is 6.08 Å². The average molecular weight is 661 g/mol. The molecular weight excluding hydrogens is 631 g/mol. The van der Waals surface area contributed by atoms with E-state index in [-0.39, 0.29) is 17.0 Å². The fourth-order valence-electron chi connectivity index (χ4n) is 4.53. The topological polar surface area (TPSA) is 274 Å². The number of hydrogen-bond acceptors (Lipinski definition) is 16. The van der Waals surface area contributed by atoms with E-state index < -0.39 is 88.5 Å². The summed E-state index contributed by atoms with van der Waals surface area (Å²) in [6.45, 7) is -1.42. The minimum absolute atomic E-state index is 0.109. The third-order valence-corrected chi connectivity index (χ3v) is 10.2. The smallest absolute Gasteiger partial charge is 0.393 e. The Morgan fingerprint density at radius 3 is 2.60 bits per heavy atom. The summed E-state index contributed by atoms with van der Waals surface area (Å²) in [5, 5.41) is 49.9. The number of aliphatic hydroxyl groups excluding tert-OH is 5. The number of phosphoric acid groups is 1. The highest BCUT2D eigenvalue weighted by Gasteiger charge is 2.53. The molecule has 236 valence electrons. The van der Waals surface area contributed by atoms with Crippen LogP contribution in [0.3, 0.4) is 0 Å². The van der Waals surface area contributed by atoms with Crippen LogP contribution in [-0.4, -0.2) is 117 Å². The van der Waals surface area contributed by atoms with Crippen molar-refractivity contribution in [3.05, 3.63) is 25.3 Å². The standard InChI is InChI=1S/C20H30FN5O13P2S/c1-3-8-15(31)20(2,37-18(8)26-7-25-10-16(22)23-6-24-17(10)26)5-35-41(34,42)39-40(32,33)38-19-13(30)11(28)12(29)14(36-19)9(21)4-27/h3,6-9,11-15,18-19,27-31H,1,4-5H2,2H3,(H,32,33)(H,34,42)(H2,22,23,24)/t8-,9-,11?,12?,13?,14?,15-,18+,19?,20+,41?/m0/s1. The van der Waals surface area contributed by atoms with E-state index in [1.807, 2.05) is 0 Å². The van der Waals surface area contributed by atoms with Gasteiger partial charge in [-0.3, -0.25) is 9.09 Å². The summed E-state index contributed by atoms with van der Waals surface area (Å²) in [7, 11) is -5.48. The second-order valence-electron chi connectivity index (χ2n) is 9.70. The van der Waals surface area contributed by atoms with Gasteiger partial charge in [0.05, 0.1) is 31.6 Å². The molecule has 2 aliphatic rings. The predicted octanol–water partition coefficient (Wildman–Crippen LogP) is -1.64. The van der Waals surface area contributed by atoms with Gasteiger partial charge in [-0.05, 0) is 18.7 Å². The van der Waals surface area contributed by atoms with Gasteiger partial charge < -0.3 is 55.1 Å². The van der Waals surface area contributed by atoms with Crippen molar-refractivity contribution in [1.82, 2.24) is 19.5 Å². The molecule has 4 heterocycles. The van der Waals surface area contributed by atoms with Gasteiger partial charge in [0.1, 0.15) is 48.1 Å². The first kappa shape index (κ1) is 33.3. The van der Waals surface area contributed by atoms with Crippen molar-refractivity contribution in [2.24, 2.45) is 5.92 Å². The fraction of sp³-hybridized carbons (Fsp3) is 0.650. The van der Waals surface area contributed by atoms with Gasteiger partial charge in [-0.2, -0.15) is 0 Å². The van der Waals surface area contributed by atoms with Crippen molar-refractivity contribution < 1.29 is 67.1 Å². The van der Waals surface area contributed by atoms with E-state index in [1.165, 1.54) is 30.2 Å². The number of halogens is 1. The number of nitrogens with two attached hydrogens (primary N) is 1. The number of ether oxygens (including phenoxy) is 2. The van der Waals surface area contributed by atoms with E-state index >= 15 is 0 Å². The molecule has 2 aliphatic heterocycles. The molecule has 0 amide bonds. The van der Waals surface area contributed by atoms with Crippen molar-refractivity contribution >= 4 is 43.3 Å². The minimum atomic E-state index is -5.48. The largest absolute Gasteiger partial charge is 0.481 e. The summed E-state index contributed by atoms with van der Waals surface area (Å²) in [6, 6.07) is 0. The molecule has 22 heteroatoms. The number of hydrogen-bond donors (Lipinski definition) is 8. The van der Waals surface area contributed by atoms with Crippen LogP contribution in [0.4, 0.5) is 10.2 Å². The lowest BCUT2D eigenvalue weighted by atomic mass is 9.92. The van der Waals surface area contributed by atoms with Gasteiger partial charge in [-0.25, -0.2) is 28.2 Å². The maximum Gasteiger partial charge on any atom is 0.481 e. The molecule has 2 saturated heterocycles. The monoisotopic (exact) mass is 661 g/mol. The first-order valence-electron chi connectivity index (χ1n) is 12.1. The highest BCUT2D eigenvalue weighted by Crippen LogP contribution is 2.62. The zero-order chi connectivity index (χ0) is 31.2. The van der Waals surface area contributed by atoms with E-state index in [1.54, 1.807) is 0 Å². The lowest BCUT2D eigenvalue weighted by Gasteiger charge is -2.41. The maximum atomic E-state index is 14.0. The molecule has 7 unspecified atom stereocenters. The van der Waals surface area contributed by atoms with Crippen molar-refractivity contribution in [3.8, 4) is 0 Å². The Balaban J connectivity index is 1.45. The van der Waals surface area contributed by atoms with Crippen LogP contribution in [0.5, 0.6) is 0 Å². The van der Waals surface area contributed by atoms with Crippen molar-refractivity contribution in [2.45, 2.75) is 61.7 Å². The number of imidazole rings is 1. The van der Waals surface area contributed by atoms with Gasteiger partial charge in [0.25, 0.3) is 0 Å². The highest BCUT2D eigenvalue weighted by molar-refractivity contribution is 8.08. The summed E-state index contributed by atoms with van der Waals surface area (Å²) >= 11 is 4.80. The second kappa shape index (κ2) is 12.4. The zero-order valence-electron chi connectivity index (χ0n) is 21.7. The first-order chi connectivity index (χ1) is 19.5. The van der Waals surface area contributed by atoms with Crippen LogP contribution < -0.4 is 5.73 Å². The third kappa shape index (κ3) is 6.58. The molecule has 0 radical (unpaired) electrons. The van der Waals surface area contributed by atoms with Gasteiger partial charge in [-0.15, -0.1) is 6.58 Å². The minimum Gasteiger partial charge on any atom is -0.393 e. The SMILES string of the molecule is C=C[C@@H]1[C@H](n2cnc3c(N)ncnc32)O[C@](C)(COP(O)(=S)OP(=O)(O)OC2OC([C@@H](F)CO)C(O)C(O)C2O)[C@H]1O. The van der Waals surface area contributed by atoms with E-state index in [0.717, 1.165) is 0 Å². The second-order valence-corrected chi connectivity index (χ2v) is 14.1. The van der Waals surface area contributed by atoms with Gasteiger partial charge in [0.15, 0.2) is 23.9 Å². The predicted molar refractivity (Wildman–Crippen MR) is 141 cm³/mol. The molecule has 2 fully saturated rings. The summed E-state index contributed by atoms with van der Waals surface area (Å²) in [6.07, 6.45) is -11.1. The van der Waals surface area contributed by atoms with E-state index in [9.17, 15) is 39.2 Å². The van der Waals surface area contributed by atoms with Gasteiger partial charge in [0, 0.05) is 0 Å². The van der Waals surface area contributed by atoms with Crippen LogP contribution in [-0.2, 0) is 39.2 Å². The average Bonchev–Trinajstić information content (AvgIpc) is 3.46. The fourth-order valence-corrected chi connectivity index (χ4v) is 7.69. The van der Waals surface area contributed by atoms with Gasteiger partial charge >= 0.3 is 14.5 Å². The summed E-state index contributed by atoms with van der Waals surface area (Å²) in [5.41, 5.74) is 4.78. The lowest BCUT2D eigenvalue weighted by molar-refractivity contribution is -0.287. The van der Waals surface area contributed by atoms with Crippen LogP contribution in [0, 0.1) is 5.92 Å². The normalized spacial score (nSPS) is 37.3. The molecule has 0 aliphatic carbocycles. The van der Waals surface area contributed by atoms with Crippen molar-refractivity contribution in [3.63, 3.8) is 0 Å². The molecule has 9 N–H and O–H groups in total. The number of alkyl halides is 1. The number of aromatic nitrogens is 4. The maximum absolute atomic E-state index is 14.0. The number of aliphatic hydroxyl groups is 5. The highest BCUT2D eigenvalue weighted by atomic mass is 32.5. The molecule has 18 nitrogen and oxygen atoms in total. The van der Waals surface area contributed by atoms with Crippen LogP contribution in [0.15, 0.2) is 25.3 Å². The molecule has 0 bridgehead atoms. The Morgan fingerprint density at radius 2 is 1.95 bits per heavy atom. The third-order valence-electron chi connectivity index (χ3n) is 6.74. The molecule has 2 aromatic heterocycles. The molecule has 4 rings (SSSR count). The van der Waals surface area contributed by atoms with E-state index in [0.29, 0.717) is 0 Å². The van der Waals surface area contributed by atoms with Crippen LogP contribution in [0.1, 0.15) is 13.2 Å². The number of rotatable bonds is 11. The quantitative estimate of drug-likeness (QED) is 0.0991. The van der Waals surface area contributed by atoms with Crippen LogP contribution in [0.2, 0.25) is 0 Å². The number of phosphoric ester groups is 1. The summed E-state index contributed by atoms with van der Waals surface area (Å²) in [4.78, 5) is 32.8. The summed E-state index contributed by atoms with van der Waals surface area (Å²) < 4.78 is 53.4. The Hall–Kier alpha value is -1.58. The molecular formula is C20H30FN5O13P2S. The Kier molecular flexibility index (Phi) is 9.86. The molecule has 0 aromatic carbocycles.